The summed E-state index contributed by atoms with van der Waals surface area (Å²) in [4.78, 5) is 33.3. The first-order valence-corrected chi connectivity index (χ1v) is 12.9. The first-order valence-electron chi connectivity index (χ1n) is 12.9. The number of allylic oxidation sites excluding steroid dienone is 2. The van der Waals surface area contributed by atoms with Crippen molar-refractivity contribution in [3.63, 3.8) is 0 Å². The molecule has 0 aliphatic rings. The van der Waals surface area contributed by atoms with Crippen molar-refractivity contribution in [2.45, 2.75) is 110 Å². The fourth-order valence-electron chi connectivity index (χ4n) is 4.30. The third kappa shape index (κ3) is 20.4. The lowest BCUT2D eigenvalue weighted by molar-refractivity contribution is -0.909. The van der Waals surface area contributed by atoms with E-state index in [0.29, 0.717) is 6.42 Å². The highest BCUT2D eigenvalue weighted by Gasteiger charge is 2.33. The van der Waals surface area contributed by atoms with Crippen molar-refractivity contribution in [3.05, 3.63) is 12.2 Å². The Balaban J connectivity index is 3.85. The van der Waals surface area contributed by atoms with Crippen molar-refractivity contribution >= 4 is 17.9 Å². The maximum atomic E-state index is 11.1. The molecule has 0 spiro atoms. The minimum absolute atomic E-state index is 0.194. The number of hydrogen-bond acceptors (Lipinski definition) is 4. The molecule has 0 amide bonds. The molecule has 7 heteroatoms. The zero-order chi connectivity index (χ0) is 24.8. The standard InChI is InChI=1S/C26H47NO6/c1-2-3-4-5-6-7-8-9-10-11-12-13-14-15-16-17-18-19-20-27(21-24(28)29,22-25(30)31)23-26(32)33/h15-16H,2-14,17-23H2,1H3,(H2-,28,29,30,31,32,33)/b16-15+. The molecule has 192 valence electrons. The highest BCUT2D eigenvalue weighted by Crippen LogP contribution is 2.13. The third-order valence-corrected chi connectivity index (χ3v) is 6.05. The zero-order valence-corrected chi connectivity index (χ0v) is 20.8. The number of unbranched alkanes of at least 4 members (excludes halogenated alkanes) is 14. The number of rotatable bonds is 24. The van der Waals surface area contributed by atoms with Crippen LogP contribution in [-0.2, 0) is 14.4 Å². The van der Waals surface area contributed by atoms with Gasteiger partial charge in [-0.05, 0) is 32.1 Å². The number of carboxylic acid groups (broad SMARTS) is 3. The quantitative estimate of drug-likeness (QED) is 0.122. The van der Waals surface area contributed by atoms with E-state index >= 15 is 0 Å². The molecule has 0 aromatic heterocycles. The number of hydrogen-bond donors (Lipinski definition) is 2. The van der Waals surface area contributed by atoms with Crippen LogP contribution in [0.4, 0.5) is 0 Å². The second-order valence-corrected chi connectivity index (χ2v) is 9.34. The molecule has 0 aliphatic carbocycles. The van der Waals surface area contributed by atoms with Crippen molar-refractivity contribution in [3.8, 4) is 0 Å². The van der Waals surface area contributed by atoms with Crippen LogP contribution in [0.2, 0.25) is 0 Å². The number of carboxylic acids is 3. The van der Waals surface area contributed by atoms with Gasteiger partial charge in [-0.15, -0.1) is 0 Å². The highest BCUT2D eigenvalue weighted by atomic mass is 16.4. The molecule has 0 saturated heterocycles. The second-order valence-electron chi connectivity index (χ2n) is 9.34. The number of carbonyl (C=O) groups excluding carboxylic acids is 1. The molecule has 0 fully saturated rings. The molecule has 0 radical (unpaired) electrons. The Labute approximate surface area is 200 Å². The van der Waals surface area contributed by atoms with Crippen molar-refractivity contribution < 1.29 is 34.2 Å². The van der Waals surface area contributed by atoms with Crippen LogP contribution in [0.15, 0.2) is 12.2 Å². The molecule has 0 aromatic rings. The van der Waals surface area contributed by atoms with Gasteiger partial charge < -0.3 is 24.6 Å². The summed E-state index contributed by atoms with van der Waals surface area (Å²) in [6.45, 7) is 0.776. The van der Waals surface area contributed by atoms with Crippen LogP contribution >= 0.6 is 0 Å². The first-order chi connectivity index (χ1) is 15.8. The van der Waals surface area contributed by atoms with E-state index in [0.717, 1.165) is 19.3 Å². The van der Waals surface area contributed by atoms with Gasteiger partial charge in [0.15, 0.2) is 13.1 Å². The Morgan fingerprint density at radius 1 is 0.636 bits per heavy atom. The van der Waals surface area contributed by atoms with Gasteiger partial charge in [0.25, 0.3) is 0 Å². The molecule has 0 unspecified atom stereocenters. The Hall–Kier alpha value is -1.89. The summed E-state index contributed by atoms with van der Waals surface area (Å²) < 4.78 is -0.518. The predicted octanol–water partition coefficient (Wildman–Crippen LogP) is 4.54. The van der Waals surface area contributed by atoms with E-state index in [1.54, 1.807) is 0 Å². The molecular weight excluding hydrogens is 422 g/mol. The van der Waals surface area contributed by atoms with Crippen LogP contribution < -0.4 is 5.11 Å². The van der Waals surface area contributed by atoms with E-state index in [9.17, 15) is 19.5 Å². The molecule has 0 bridgehead atoms. The smallest absolute Gasteiger partial charge is 0.359 e. The van der Waals surface area contributed by atoms with Crippen molar-refractivity contribution in [2.75, 3.05) is 26.2 Å². The van der Waals surface area contributed by atoms with Gasteiger partial charge in [-0.25, -0.2) is 9.59 Å². The van der Waals surface area contributed by atoms with Crippen molar-refractivity contribution in [2.24, 2.45) is 0 Å². The summed E-state index contributed by atoms with van der Waals surface area (Å²) in [6, 6.07) is 0. The van der Waals surface area contributed by atoms with Gasteiger partial charge in [-0.2, -0.15) is 0 Å². The lowest BCUT2D eigenvalue weighted by Crippen LogP contribution is -2.59. The normalized spacial score (nSPS) is 11.8. The molecule has 0 saturated carbocycles. The van der Waals surface area contributed by atoms with Gasteiger partial charge in [-0.1, -0.05) is 89.7 Å². The second kappa shape index (κ2) is 20.7. The molecule has 0 aromatic carbocycles. The molecule has 2 N–H and O–H groups in total. The predicted molar refractivity (Wildman–Crippen MR) is 129 cm³/mol. The summed E-state index contributed by atoms with van der Waals surface area (Å²) in [5.41, 5.74) is 0. The Bertz CT molecular complexity index is 520. The van der Waals surface area contributed by atoms with Crippen LogP contribution in [0, 0.1) is 0 Å². The summed E-state index contributed by atoms with van der Waals surface area (Å²) >= 11 is 0. The molecule has 0 heterocycles. The fraction of sp³-hybridized carbons (Fsp3) is 0.808. The maximum absolute atomic E-state index is 11.1. The lowest BCUT2D eigenvalue weighted by Gasteiger charge is -2.36. The molecule has 0 rings (SSSR count). The van der Waals surface area contributed by atoms with Crippen LogP contribution in [0.3, 0.4) is 0 Å². The van der Waals surface area contributed by atoms with Gasteiger partial charge in [0.1, 0.15) is 6.54 Å². The van der Waals surface area contributed by atoms with Crippen LogP contribution in [0.1, 0.15) is 110 Å². The van der Waals surface area contributed by atoms with Gasteiger partial charge in [-0.3, -0.25) is 0 Å². The maximum Gasteiger partial charge on any atom is 0.359 e. The molecule has 0 atom stereocenters. The van der Waals surface area contributed by atoms with Gasteiger partial charge >= 0.3 is 11.9 Å². The lowest BCUT2D eigenvalue weighted by atomic mass is 10.0. The van der Waals surface area contributed by atoms with Crippen LogP contribution in [-0.4, -0.2) is 58.8 Å². The molecule has 33 heavy (non-hydrogen) atoms. The van der Waals surface area contributed by atoms with Crippen molar-refractivity contribution in [1.82, 2.24) is 0 Å². The number of nitrogens with zero attached hydrogens (tertiary/aromatic N) is 1. The number of aliphatic carboxylic acids is 3. The summed E-state index contributed by atoms with van der Waals surface area (Å²) in [5.74, 6) is -3.85. The van der Waals surface area contributed by atoms with Gasteiger partial charge in [0.05, 0.1) is 12.5 Å². The van der Waals surface area contributed by atoms with E-state index < -0.39 is 42.0 Å². The van der Waals surface area contributed by atoms with E-state index in [4.69, 9.17) is 10.2 Å². The fourth-order valence-corrected chi connectivity index (χ4v) is 4.30. The molecular formula is C26H47NO6. The minimum Gasteiger partial charge on any atom is -0.544 e. The highest BCUT2D eigenvalue weighted by molar-refractivity contribution is 5.72. The molecule has 0 aliphatic heterocycles. The minimum atomic E-state index is -1.43. The Morgan fingerprint density at radius 3 is 1.42 bits per heavy atom. The Morgan fingerprint density at radius 2 is 1.03 bits per heavy atom. The van der Waals surface area contributed by atoms with E-state index in [1.165, 1.54) is 77.0 Å². The number of quaternary nitrogens is 1. The summed E-state index contributed by atoms with van der Waals surface area (Å²) in [7, 11) is 0. The van der Waals surface area contributed by atoms with Crippen LogP contribution in [0.5, 0.6) is 0 Å². The van der Waals surface area contributed by atoms with Gasteiger partial charge in [0, 0.05) is 0 Å². The monoisotopic (exact) mass is 469 g/mol. The average Bonchev–Trinajstić information content (AvgIpc) is 2.71. The first kappa shape index (κ1) is 31.1. The SMILES string of the molecule is CCCCCCCCCCCCCC/C=C/CCCC[N+](CC(=O)[O-])(CC(=O)O)CC(=O)O. The topological polar surface area (TPSA) is 115 Å². The Kier molecular flexibility index (Phi) is 19.5. The third-order valence-electron chi connectivity index (χ3n) is 6.05. The van der Waals surface area contributed by atoms with E-state index in [1.807, 2.05) is 0 Å². The van der Waals surface area contributed by atoms with E-state index in [2.05, 4.69) is 19.1 Å². The summed E-state index contributed by atoms with van der Waals surface area (Å²) in [6.07, 6.45) is 23.5. The summed E-state index contributed by atoms with van der Waals surface area (Å²) in [5, 5.41) is 29.2. The average molecular weight is 470 g/mol. The van der Waals surface area contributed by atoms with Gasteiger partial charge in [0.2, 0.25) is 0 Å². The molecule has 7 nitrogen and oxygen atoms in total. The van der Waals surface area contributed by atoms with Crippen LogP contribution in [0.25, 0.3) is 0 Å². The number of carbonyl (C=O) groups is 3. The zero-order valence-electron chi connectivity index (χ0n) is 20.8. The van der Waals surface area contributed by atoms with Crippen molar-refractivity contribution in [1.29, 1.82) is 0 Å². The largest absolute Gasteiger partial charge is 0.544 e. The van der Waals surface area contributed by atoms with E-state index in [-0.39, 0.29) is 6.54 Å².